The maximum atomic E-state index is 11.1. The molecule has 1 aromatic heterocycles. The predicted octanol–water partition coefficient (Wildman–Crippen LogP) is 1.80. The van der Waals surface area contributed by atoms with Crippen molar-refractivity contribution in [3.8, 4) is 11.3 Å². The first-order valence-corrected chi connectivity index (χ1v) is 5.15. The number of aromatic nitrogens is 2. The van der Waals surface area contributed by atoms with Crippen LogP contribution in [0.4, 0.5) is 0 Å². The molecule has 0 amide bonds. The Morgan fingerprint density at radius 3 is 3.00 bits per heavy atom. The highest BCUT2D eigenvalue weighted by Gasteiger charge is 2.23. The minimum atomic E-state index is -0.919. The molecule has 2 heterocycles. The second-order valence-corrected chi connectivity index (χ2v) is 3.84. The second-order valence-electron chi connectivity index (χ2n) is 3.84. The lowest BCUT2D eigenvalue weighted by Gasteiger charge is -2.18. The van der Waals surface area contributed by atoms with Gasteiger partial charge in [-0.05, 0) is 12.0 Å². The van der Waals surface area contributed by atoms with Gasteiger partial charge in [0.15, 0.2) is 0 Å². The maximum Gasteiger partial charge on any atom is 0.339 e. The average Bonchev–Trinajstić information content (AvgIpc) is 2.73. The van der Waals surface area contributed by atoms with Crippen LogP contribution in [0.1, 0.15) is 15.9 Å². The van der Waals surface area contributed by atoms with Crippen LogP contribution in [-0.4, -0.2) is 20.9 Å². The summed E-state index contributed by atoms with van der Waals surface area (Å²) in [5.41, 5.74) is 3.20. The Kier molecular flexibility index (Phi) is 1.83. The van der Waals surface area contributed by atoms with E-state index < -0.39 is 5.97 Å². The van der Waals surface area contributed by atoms with Crippen LogP contribution < -0.4 is 0 Å². The van der Waals surface area contributed by atoms with Gasteiger partial charge in [-0.15, -0.1) is 0 Å². The minimum absolute atomic E-state index is 0.284. The number of hydrogen-bond donors (Lipinski definition) is 1. The van der Waals surface area contributed by atoms with E-state index in [2.05, 4.69) is 5.10 Å². The molecule has 0 fully saturated rings. The molecule has 0 atom stereocenters. The molecule has 0 radical (unpaired) electrons. The van der Waals surface area contributed by atoms with E-state index in [1.807, 2.05) is 24.3 Å². The monoisotopic (exact) mass is 214 g/mol. The van der Waals surface area contributed by atoms with E-state index in [-0.39, 0.29) is 5.56 Å². The fourth-order valence-electron chi connectivity index (χ4n) is 2.19. The van der Waals surface area contributed by atoms with Crippen molar-refractivity contribution in [1.29, 1.82) is 0 Å². The van der Waals surface area contributed by atoms with Gasteiger partial charge < -0.3 is 5.11 Å². The summed E-state index contributed by atoms with van der Waals surface area (Å²) in [7, 11) is 0. The molecule has 4 nitrogen and oxygen atoms in total. The number of aromatic carboxylic acids is 1. The summed E-state index contributed by atoms with van der Waals surface area (Å²) in [6, 6.07) is 7.89. The molecule has 0 saturated heterocycles. The fraction of sp³-hybridized carbons (Fsp3) is 0.167. The normalized spacial score (nSPS) is 13.0. The molecule has 3 rings (SSSR count). The van der Waals surface area contributed by atoms with E-state index in [0.29, 0.717) is 0 Å². The molecule has 4 heteroatoms. The van der Waals surface area contributed by atoms with Crippen molar-refractivity contribution in [3.63, 3.8) is 0 Å². The zero-order valence-electron chi connectivity index (χ0n) is 8.55. The SMILES string of the molecule is O=C(O)c1cnn2c1-c1ccccc1CC2. The summed E-state index contributed by atoms with van der Waals surface area (Å²) in [6.07, 6.45) is 2.34. The zero-order chi connectivity index (χ0) is 11.1. The molecule has 0 unspecified atom stereocenters. The summed E-state index contributed by atoms with van der Waals surface area (Å²) in [6.45, 7) is 0.750. The molecule has 0 spiro atoms. The lowest BCUT2D eigenvalue weighted by atomic mass is 9.96. The largest absolute Gasteiger partial charge is 0.478 e. The first-order chi connectivity index (χ1) is 7.77. The Balaban J connectivity index is 2.29. The van der Waals surface area contributed by atoms with E-state index in [1.165, 1.54) is 11.8 Å². The van der Waals surface area contributed by atoms with Crippen molar-refractivity contribution in [2.75, 3.05) is 0 Å². The van der Waals surface area contributed by atoms with Crippen LogP contribution in [0.25, 0.3) is 11.3 Å². The molecule has 1 aliphatic rings. The number of carboxylic acid groups (broad SMARTS) is 1. The molecule has 0 aliphatic carbocycles. The van der Waals surface area contributed by atoms with Gasteiger partial charge in [-0.2, -0.15) is 5.10 Å². The Morgan fingerprint density at radius 2 is 2.19 bits per heavy atom. The van der Waals surface area contributed by atoms with E-state index in [1.54, 1.807) is 4.68 Å². The maximum absolute atomic E-state index is 11.1. The van der Waals surface area contributed by atoms with Crippen molar-refractivity contribution in [3.05, 3.63) is 41.6 Å². The standard InChI is InChI=1S/C12H10N2O2/c15-12(16)10-7-13-14-6-5-8-3-1-2-4-9(8)11(10)14/h1-4,7H,5-6H2,(H,15,16). The topological polar surface area (TPSA) is 55.1 Å². The molecular weight excluding hydrogens is 204 g/mol. The highest BCUT2D eigenvalue weighted by Crippen LogP contribution is 2.31. The molecular formula is C12H10N2O2. The highest BCUT2D eigenvalue weighted by atomic mass is 16.4. The molecule has 16 heavy (non-hydrogen) atoms. The number of carboxylic acids is 1. The summed E-state index contributed by atoms with van der Waals surface area (Å²) in [4.78, 5) is 11.1. The Morgan fingerprint density at radius 1 is 1.38 bits per heavy atom. The third-order valence-corrected chi connectivity index (χ3v) is 2.94. The van der Waals surface area contributed by atoms with Crippen LogP contribution in [0.3, 0.4) is 0 Å². The van der Waals surface area contributed by atoms with E-state index in [0.717, 1.165) is 24.2 Å². The van der Waals surface area contributed by atoms with Crippen molar-refractivity contribution in [1.82, 2.24) is 9.78 Å². The number of rotatable bonds is 1. The molecule has 0 bridgehead atoms. The van der Waals surface area contributed by atoms with Gasteiger partial charge >= 0.3 is 5.97 Å². The second kappa shape index (κ2) is 3.20. The summed E-state index contributed by atoms with van der Waals surface area (Å²) in [5.74, 6) is -0.919. The number of nitrogens with zero attached hydrogens (tertiary/aromatic N) is 2. The Hall–Kier alpha value is -2.10. The van der Waals surface area contributed by atoms with Crippen LogP contribution >= 0.6 is 0 Å². The van der Waals surface area contributed by atoms with Crippen LogP contribution in [0.5, 0.6) is 0 Å². The summed E-state index contributed by atoms with van der Waals surface area (Å²) < 4.78 is 1.77. The quantitative estimate of drug-likeness (QED) is 0.787. The molecule has 0 saturated carbocycles. The smallest absolute Gasteiger partial charge is 0.339 e. The number of aryl methyl sites for hydroxylation is 2. The van der Waals surface area contributed by atoms with Crippen LogP contribution in [0.2, 0.25) is 0 Å². The van der Waals surface area contributed by atoms with Crippen molar-refractivity contribution < 1.29 is 9.90 Å². The lowest BCUT2D eigenvalue weighted by molar-refractivity contribution is 0.0697. The van der Waals surface area contributed by atoms with Crippen LogP contribution in [-0.2, 0) is 13.0 Å². The van der Waals surface area contributed by atoms with E-state index >= 15 is 0 Å². The van der Waals surface area contributed by atoms with Gasteiger partial charge in [0.05, 0.1) is 11.9 Å². The van der Waals surface area contributed by atoms with Crippen LogP contribution in [0, 0.1) is 0 Å². The lowest BCUT2D eigenvalue weighted by Crippen LogP contribution is -2.13. The molecule has 1 aliphatic heterocycles. The van der Waals surface area contributed by atoms with Crippen LogP contribution in [0.15, 0.2) is 30.5 Å². The molecule has 1 aromatic carbocycles. The van der Waals surface area contributed by atoms with E-state index in [9.17, 15) is 4.79 Å². The number of fused-ring (bicyclic) bond motifs is 3. The summed E-state index contributed by atoms with van der Waals surface area (Å²) >= 11 is 0. The number of carbonyl (C=O) groups is 1. The first-order valence-electron chi connectivity index (χ1n) is 5.15. The third-order valence-electron chi connectivity index (χ3n) is 2.94. The average molecular weight is 214 g/mol. The van der Waals surface area contributed by atoms with Gasteiger partial charge in [0.1, 0.15) is 5.56 Å². The predicted molar refractivity (Wildman–Crippen MR) is 58.3 cm³/mol. The zero-order valence-corrected chi connectivity index (χ0v) is 8.55. The van der Waals surface area contributed by atoms with Gasteiger partial charge in [0.2, 0.25) is 0 Å². The number of benzene rings is 1. The minimum Gasteiger partial charge on any atom is -0.478 e. The summed E-state index contributed by atoms with van der Waals surface area (Å²) in [5, 5.41) is 13.2. The number of hydrogen-bond acceptors (Lipinski definition) is 2. The Labute approximate surface area is 92.1 Å². The van der Waals surface area contributed by atoms with Gasteiger partial charge in [0, 0.05) is 12.1 Å². The van der Waals surface area contributed by atoms with Crippen molar-refractivity contribution in [2.24, 2.45) is 0 Å². The Bertz CT molecular complexity index is 572. The molecule has 1 N–H and O–H groups in total. The van der Waals surface area contributed by atoms with Gasteiger partial charge in [0.25, 0.3) is 0 Å². The van der Waals surface area contributed by atoms with Gasteiger partial charge in [-0.3, -0.25) is 4.68 Å². The fourth-order valence-corrected chi connectivity index (χ4v) is 2.19. The highest BCUT2D eigenvalue weighted by molar-refractivity contribution is 5.95. The van der Waals surface area contributed by atoms with Crippen molar-refractivity contribution >= 4 is 5.97 Å². The molecule has 2 aromatic rings. The molecule has 80 valence electrons. The third kappa shape index (κ3) is 1.16. The van der Waals surface area contributed by atoms with Gasteiger partial charge in [-0.1, -0.05) is 24.3 Å². The first kappa shape index (κ1) is 9.15. The van der Waals surface area contributed by atoms with E-state index in [4.69, 9.17) is 5.11 Å². The van der Waals surface area contributed by atoms with Gasteiger partial charge in [-0.25, -0.2) is 4.79 Å². The van der Waals surface area contributed by atoms with Crippen molar-refractivity contribution in [2.45, 2.75) is 13.0 Å².